The van der Waals surface area contributed by atoms with Gasteiger partial charge in [0.05, 0.1) is 11.1 Å². The summed E-state index contributed by atoms with van der Waals surface area (Å²) in [5.41, 5.74) is 1.96. The van der Waals surface area contributed by atoms with Gasteiger partial charge in [0.25, 0.3) is 11.8 Å². The van der Waals surface area contributed by atoms with Crippen LogP contribution in [-0.4, -0.2) is 82.0 Å². The Hall–Kier alpha value is -3.85. The molecule has 1 aliphatic heterocycles. The monoisotopic (exact) mass is 506 g/mol. The van der Waals surface area contributed by atoms with Crippen molar-refractivity contribution in [2.24, 2.45) is 0 Å². The van der Waals surface area contributed by atoms with Gasteiger partial charge in [-0.15, -0.1) is 0 Å². The number of carbonyl (C=O) groups is 4. The number of hydrogen-bond donors (Lipinski definition) is 0. The number of nitrogens with zero attached hydrogens (tertiary/aromatic N) is 4. The highest BCUT2D eigenvalue weighted by Gasteiger charge is 2.34. The number of rotatable bonds is 5. The topological polar surface area (TPSA) is 82.9 Å². The van der Waals surface area contributed by atoms with E-state index in [1.807, 2.05) is 13.8 Å². The predicted octanol–water partition coefficient (Wildman–Crippen LogP) is 3.45. The number of hydrogen-bond acceptors (Lipinski definition) is 5. The first kappa shape index (κ1) is 26.2. The molecule has 0 aliphatic carbocycles. The van der Waals surface area contributed by atoms with E-state index in [1.165, 1.54) is 60.9 Å². The van der Waals surface area contributed by atoms with Crippen molar-refractivity contribution >= 4 is 34.4 Å². The first-order valence-electron chi connectivity index (χ1n) is 12.2. The molecule has 2 heterocycles. The number of Topliss-reactive ketones (excluding diaryl/α,β-unsaturated/α-hetero) is 1. The lowest BCUT2D eigenvalue weighted by atomic mass is 10.0. The SMILES string of the molecule is CC(=O)n1cc(C(=O)N2CC(C)N(Cc3ccc(F)cc3)CC2C)c2cc(C(=O)C(=O)N(C)C)ccc21. The second-order valence-electron chi connectivity index (χ2n) is 9.90. The van der Waals surface area contributed by atoms with E-state index >= 15 is 0 Å². The summed E-state index contributed by atoms with van der Waals surface area (Å²) in [6.45, 7) is 7.14. The lowest BCUT2D eigenvalue weighted by Crippen LogP contribution is -2.57. The minimum absolute atomic E-state index is 0.0428. The minimum Gasteiger partial charge on any atom is -0.342 e. The van der Waals surface area contributed by atoms with Gasteiger partial charge in [-0.3, -0.25) is 28.6 Å². The van der Waals surface area contributed by atoms with Crippen molar-refractivity contribution in [3.05, 3.63) is 71.2 Å². The molecular weight excluding hydrogens is 475 g/mol. The van der Waals surface area contributed by atoms with E-state index in [9.17, 15) is 23.6 Å². The fourth-order valence-corrected chi connectivity index (χ4v) is 4.81. The smallest absolute Gasteiger partial charge is 0.294 e. The van der Waals surface area contributed by atoms with Crippen molar-refractivity contribution in [2.45, 2.75) is 39.4 Å². The number of amides is 2. The van der Waals surface area contributed by atoms with Crippen LogP contribution in [0.15, 0.2) is 48.7 Å². The van der Waals surface area contributed by atoms with E-state index in [1.54, 1.807) is 23.1 Å². The minimum atomic E-state index is -0.683. The van der Waals surface area contributed by atoms with Crippen LogP contribution >= 0.6 is 0 Å². The third-order valence-electron chi connectivity index (χ3n) is 6.91. The molecule has 2 aromatic carbocycles. The molecule has 0 saturated carbocycles. The Morgan fingerprint density at radius 3 is 2.27 bits per heavy atom. The molecule has 0 bridgehead atoms. The van der Waals surface area contributed by atoms with E-state index in [2.05, 4.69) is 4.90 Å². The van der Waals surface area contributed by atoms with Gasteiger partial charge in [0.1, 0.15) is 5.82 Å². The van der Waals surface area contributed by atoms with Gasteiger partial charge in [-0.2, -0.15) is 0 Å². The summed E-state index contributed by atoms with van der Waals surface area (Å²) in [7, 11) is 3.00. The number of piperazine rings is 1. The largest absolute Gasteiger partial charge is 0.342 e. The van der Waals surface area contributed by atoms with Crippen LogP contribution in [0.3, 0.4) is 0 Å². The van der Waals surface area contributed by atoms with E-state index in [-0.39, 0.29) is 35.3 Å². The fraction of sp³-hybridized carbons (Fsp3) is 0.357. The van der Waals surface area contributed by atoms with Crippen LogP contribution in [0.25, 0.3) is 10.9 Å². The zero-order chi connectivity index (χ0) is 27.0. The zero-order valence-corrected chi connectivity index (χ0v) is 21.7. The van der Waals surface area contributed by atoms with Gasteiger partial charge in [0.2, 0.25) is 11.7 Å². The molecule has 37 heavy (non-hydrogen) atoms. The molecule has 1 aromatic heterocycles. The number of likely N-dealkylation sites (N-methyl/N-ethyl adjacent to an activating group) is 1. The van der Waals surface area contributed by atoms with Gasteiger partial charge < -0.3 is 9.80 Å². The van der Waals surface area contributed by atoms with Crippen molar-refractivity contribution < 1.29 is 23.6 Å². The summed E-state index contributed by atoms with van der Waals surface area (Å²) in [6, 6.07) is 10.9. The molecule has 2 amide bonds. The Labute approximate surface area is 215 Å². The van der Waals surface area contributed by atoms with Crippen molar-refractivity contribution in [1.82, 2.24) is 19.3 Å². The lowest BCUT2D eigenvalue weighted by Gasteiger charge is -2.44. The average molecular weight is 507 g/mol. The van der Waals surface area contributed by atoms with Crippen molar-refractivity contribution in [1.29, 1.82) is 0 Å². The van der Waals surface area contributed by atoms with Crippen LogP contribution in [0.2, 0.25) is 0 Å². The molecule has 0 spiro atoms. The molecule has 0 radical (unpaired) electrons. The Morgan fingerprint density at radius 2 is 1.65 bits per heavy atom. The Morgan fingerprint density at radius 1 is 0.973 bits per heavy atom. The van der Waals surface area contributed by atoms with Crippen molar-refractivity contribution in [3.63, 3.8) is 0 Å². The van der Waals surface area contributed by atoms with Crippen LogP contribution in [0.4, 0.5) is 4.39 Å². The highest BCUT2D eigenvalue weighted by molar-refractivity contribution is 6.43. The maximum absolute atomic E-state index is 13.8. The van der Waals surface area contributed by atoms with E-state index in [0.717, 1.165) is 5.56 Å². The average Bonchev–Trinajstić information content (AvgIpc) is 3.25. The molecule has 194 valence electrons. The second kappa shape index (κ2) is 10.3. The molecule has 4 rings (SSSR count). The normalized spacial score (nSPS) is 18.2. The highest BCUT2D eigenvalue weighted by atomic mass is 19.1. The summed E-state index contributed by atoms with van der Waals surface area (Å²) >= 11 is 0. The molecule has 3 aromatic rings. The molecule has 2 unspecified atom stereocenters. The van der Waals surface area contributed by atoms with E-state index in [0.29, 0.717) is 36.1 Å². The van der Waals surface area contributed by atoms with Crippen LogP contribution in [0.1, 0.15) is 51.8 Å². The summed E-state index contributed by atoms with van der Waals surface area (Å²) in [6.07, 6.45) is 1.51. The van der Waals surface area contributed by atoms with Gasteiger partial charge in [-0.05, 0) is 49.7 Å². The van der Waals surface area contributed by atoms with Gasteiger partial charge in [0, 0.05) is 69.9 Å². The number of carbonyl (C=O) groups excluding carboxylic acids is 4. The summed E-state index contributed by atoms with van der Waals surface area (Å²) < 4.78 is 14.7. The van der Waals surface area contributed by atoms with E-state index < -0.39 is 11.7 Å². The van der Waals surface area contributed by atoms with Gasteiger partial charge in [-0.1, -0.05) is 12.1 Å². The van der Waals surface area contributed by atoms with Crippen LogP contribution in [-0.2, 0) is 11.3 Å². The van der Waals surface area contributed by atoms with Crippen molar-refractivity contribution in [3.8, 4) is 0 Å². The molecule has 1 saturated heterocycles. The number of fused-ring (bicyclic) bond motifs is 1. The first-order valence-corrected chi connectivity index (χ1v) is 12.2. The highest BCUT2D eigenvalue weighted by Crippen LogP contribution is 2.27. The summed E-state index contributed by atoms with van der Waals surface area (Å²) in [4.78, 5) is 56.3. The molecule has 8 nitrogen and oxygen atoms in total. The van der Waals surface area contributed by atoms with Crippen LogP contribution in [0, 0.1) is 5.82 Å². The van der Waals surface area contributed by atoms with Gasteiger partial charge in [-0.25, -0.2) is 4.39 Å². The summed E-state index contributed by atoms with van der Waals surface area (Å²) in [5, 5.41) is 0.450. The predicted molar refractivity (Wildman–Crippen MR) is 138 cm³/mol. The van der Waals surface area contributed by atoms with E-state index in [4.69, 9.17) is 0 Å². The standard InChI is InChI=1S/C28H31FN4O4/c1-17-14-32(18(2)13-31(17)15-20-6-9-22(29)10-7-20)27(36)24-16-33(19(3)34)25-11-8-21(12-23(24)25)26(35)28(37)30(4)5/h6-12,16-18H,13-15H2,1-5H3. The Balaban J connectivity index is 1.64. The van der Waals surface area contributed by atoms with Crippen LogP contribution < -0.4 is 0 Å². The molecule has 2 atom stereocenters. The van der Waals surface area contributed by atoms with Crippen LogP contribution in [0.5, 0.6) is 0 Å². The van der Waals surface area contributed by atoms with Gasteiger partial charge in [0.15, 0.2) is 0 Å². The lowest BCUT2D eigenvalue weighted by molar-refractivity contribution is -0.124. The maximum Gasteiger partial charge on any atom is 0.294 e. The third-order valence-corrected chi connectivity index (χ3v) is 6.91. The van der Waals surface area contributed by atoms with Crippen molar-refractivity contribution in [2.75, 3.05) is 27.2 Å². The first-order chi connectivity index (χ1) is 17.5. The maximum atomic E-state index is 13.8. The Kier molecular flexibility index (Phi) is 7.27. The molecule has 1 fully saturated rings. The number of halogens is 1. The van der Waals surface area contributed by atoms with Gasteiger partial charge >= 0.3 is 0 Å². The summed E-state index contributed by atoms with van der Waals surface area (Å²) in [5.74, 6) is -2.14. The number of aromatic nitrogens is 1. The third kappa shape index (κ3) is 5.17. The molecule has 9 heteroatoms. The molecule has 0 N–H and O–H groups in total. The number of benzene rings is 2. The molecular formula is C28H31FN4O4. The quantitative estimate of drug-likeness (QED) is 0.391. The zero-order valence-electron chi connectivity index (χ0n) is 21.7. The molecule has 1 aliphatic rings. The number of ketones is 1. The second-order valence-corrected chi connectivity index (χ2v) is 9.90. The fourth-order valence-electron chi connectivity index (χ4n) is 4.81. The Bertz CT molecular complexity index is 1380.